The summed E-state index contributed by atoms with van der Waals surface area (Å²) >= 11 is 0. The van der Waals surface area contributed by atoms with E-state index in [-0.39, 0.29) is 0 Å². The number of methoxy groups -OCH3 is 1. The molecule has 6 rings (SSSR count). The van der Waals surface area contributed by atoms with Crippen molar-refractivity contribution in [1.29, 1.82) is 0 Å². The van der Waals surface area contributed by atoms with Gasteiger partial charge in [0.2, 0.25) is 0 Å². The van der Waals surface area contributed by atoms with Crippen LogP contribution in [0.4, 0.5) is 5.69 Å². The van der Waals surface area contributed by atoms with E-state index < -0.39 is 0 Å². The summed E-state index contributed by atoms with van der Waals surface area (Å²) in [4.78, 5) is 7.23. The molecule has 3 aromatic carbocycles. The molecule has 0 atom stereocenters. The summed E-state index contributed by atoms with van der Waals surface area (Å²) < 4.78 is 7.63. The lowest BCUT2D eigenvalue weighted by molar-refractivity contribution is 0.415. The first kappa shape index (κ1) is 21.6. The maximum atomic E-state index is 5.56. The van der Waals surface area contributed by atoms with Gasteiger partial charge in [-0.2, -0.15) is 5.10 Å². The first-order valence-electron chi connectivity index (χ1n) is 12.1. The average Bonchev–Trinajstić information content (AvgIpc) is 3.31. The fourth-order valence-electron chi connectivity index (χ4n) is 4.92. The van der Waals surface area contributed by atoms with Gasteiger partial charge in [0.25, 0.3) is 0 Å². The third-order valence-corrected chi connectivity index (χ3v) is 7.05. The third kappa shape index (κ3) is 3.80. The molecule has 0 amide bonds. The summed E-state index contributed by atoms with van der Waals surface area (Å²) in [6, 6.07) is 21.3. The largest absolute Gasteiger partial charge is 0.497 e. The van der Waals surface area contributed by atoms with Crippen molar-refractivity contribution in [3.8, 4) is 22.7 Å². The first-order valence-corrected chi connectivity index (χ1v) is 12.1. The quantitative estimate of drug-likeness (QED) is 0.393. The molecule has 2 aromatic heterocycles. The lowest BCUT2D eigenvalue weighted by atomic mass is 10.1. The van der Waals surface area contributed by atoms with Crippen molar-refractivity contribution in [3.05, 3.63) is 78.0 Å². The standard InChI is InChI=1S/C29H29N5O/c1-19-7-8-23(15-20(19)2)34-29-25-17-24(35-3)9-10-27(25)31-18-26(29)28(32-34)21-5-4-6-22(16-21)33-13-11-30-12-14-33/h4-10,15-18,30H,11-14H2,1-3H3. The minimum atomic E-state index is 0.807. The van der Waals surface area contributed by atoms with E-state index in [4.69, 9.17) is 14.8 Å². The predicted molar refractivity (Wildman–Crippen MR) is 143 cm³/mol. The van der Waals surface area contributed by atoms with Crippen LogP contribution in [0.25, 0.3) is 38.8 Å². The number of benzene rings is 3. The Kier molecular flexibility index (Phi) is 5.38. The Morgan fingerprint density at radius 1 is 0.857 bits per heavy atom. The number of fused-ring (bicyclic) bond motifs is 3. The van der Waals surface area contributed by atoms with Crippen LogP contribution in [0, 0.1) is 13.8 Å². The summed E-state index contributed by atoms with van der Waals surface area (Å²) in [7, 11) is 1.70. The molecular weight excluding hydrogens is 434 g/mol. The number of hydrogen-bond donors (Lipinski definition) is 1. The summed E-state index contributed by atoms with van der Waals surface area (Å²) in [5.41, 5.74) is 8.77. The number of nitrogens with one attached hydrogen (secondary N) is 1. The van der Waals surface area contributed by atoms with Crippen LogP contribution >= 0.6 is 0 Å². The molecule has 6 nitrogen and oxygen atoms in total. The fraction of sp³-hybridized carbons (Fsp3) is 0.241. The molecule has 1 fully saturated rings. The zero-order chi connectivity index (χ0) is 23.9. The van der Waals surface area contributed by atoms with Crippen molar-refractivity contribution in [2.75, 3.05) is 38.2 Å². The van der Waals surface area contributed by atoms with Crippen LogP contribution in [0.15, 0.2) is 66.9 Å². The molecular formula is C29H29N5O. The second-order valence-electron chi connectivity index (χ2n) is 9.22. The molecule has 1 saturated heterocycles. The van der Waals surface area contributed by atoms with E-state index in [0.29, 0.717) is 0 Å². The predicted octanol–water partition coefficient (Wildman–Crippen LogP) is 5.28. The Hall–Kier alpha value is -3.90. The van der Waals surface area contributed by atoms with Gasteiger partial charge in [-0.25, -0.2) is 4.68 Å². The maximum absolute atomic E-state index is 5.56. The van der Waals surface area contributed by atoms with Gasteiger partial charge in [0, 0.05) is 54.4 Å². The topological polar surface area (TPSA) is 55.2 Å². The molecule has 0 spiro atoms. The lowest BCUT2D eigenvalue weighted by Crippen LogP contribution is -2.43. The van der Waals surface area contributed by atoms with Crippen LogP contribution in [-0.4, -0.2) is 48.1 Å². The van der Waals surface area contributed by atoms with Crippen molar-refractivity contribution in [1.82, 2.24) is 20.1 Å². The van der Waals surface area contributed by atoms with Crippen LogP contribution < -0.4 is 15.0 Å². The number of aromatic nitrogens is 3. The smallest absolute Gasteiger partial charge is 0.119 e. The van der Waals surface area contributed by atoms with E-state index in [1.807, 2.05) is 18.3 Å². The van der Waals surface area contributed by atoms with Gasteiger partial charge in [0.15, 0.2) is 0 Å². The minimum Gasteiger partial charge on any atom is -0.497 e. The molecule has 3 heterocycles. The van der Waals surface area contributed by atoms with E-state index in [9.17, 15) is 0 Å². The monoisotopic (exact) mass is 463 g/mol. The molecule has 176 valence electrons. The van der Waals surface area contributed by atoms with Gasteiger partial charge in [0.05, 0.1) is 23.8 Å². The summed E-state index contributed by atoms with van der Waals surface area (Å²) in [5, 5.41) is 10.7. The van der Waals surface area contributed by atoms with Crippen molar-refractivity contribution in [2.45, 2.75) is 13.8 Å². The maximum Gasteiger partial charge on any atom is 0.119 e. The number of piperazine rings is 1. The normalized spacial score (nSPS) is 14.1. The number of aryl methyl sites for hydroxylation is 2. The van der Waals surface area contributed by atoms with Crippen LogP contribution in [-0.2, 0) is 0 Å². The van der Waals surface area contributed by atoms with Crippen LogP contribution in [0.1, 0.15) is 11.1 Å². The summed E-state index contributed by atoms with van der Waals surface area (Å²) in [6.07, 6.45) is 1.96. The molecule has 1 aliphatic rings. The lowest BCUT2D eigenvalue weighted by Gasteiger charge is -2.29. The molecule has 0 unspecified atom stereocenters. The zero-order valence-corrected chi connectivity index (χ0v) is 20.4. The van der Waals surface area contributed by atoms with E-state index in [2.05, 4.69) is 77.3 Å². The molecule has 0 radical (unpaired) electrons. The molecule has 6 heteroatoms. The highest BCUT2D eigenvalue weighted by Crippen LogP contribution is 2.36. The van der Waals surface area contributed by atoms with Gasteiger partial charge in [-0.15, -0.1) is 0 Å². The molecule has 5 aromatic rings. The molecule has 35 heavy (non-hydrogen) atoms. The minimum absolute atomic E-state index is 0.807. The number of anilines is 1. The Bertz CT molecular complexity index is 1550. The highest BCUT2D eigenvalue weighted by atomic mass is 16.5. The zero-order valence-electron chi connectivity index (χ0n) is 20.4. The van der Waals surface area contributed by atoms with E-state index in [1.54, 1.807) is 7.11 Å². The fourth-order valence-corrected chi connectivity index (χ4v) is 4.92. The van der Waals surface area contributed by atoms with Gasteiger partial charge >= 0.3 is 0 Å². The Balaban J connectivity index is 1.61. The Morgan fingerprint density at radius 2 is 1.71 bits per heavy atom. The van der Waals surface area contributed by atoms with Crippen LogP contribution in [0.2, 0.25) is 0 Å². The number of pyridine rings is 1. The van der Waals surface area contributed by atoms with Crippen LogP contribution in [0.5, 0.6) is 5.75 Å². The van der Waals surface area contributed by atoms with E-state index in [1.165, 1.54) is 16.8 Å². The molecule has 0 bridgehead atoms. The second-order valence-corrected chi connectivity index (χ2v) is 9.22. The van der Waals surface area contributed by atoms with Crippen molar-refractivity contribution < 1.29 is 4.74 Å². The van der Waals surface area contributed by atoms with Gasteiger partial charge in [0.1, 0.15) is 11.4 Å². The Labute approximate surface area is 205 Å². The number of nitrogens with zero attached hydrogens (tertiary/aromatic N) is 4. The van der Waals surface area contributed by atoms with Gasteiger partial charge < -0.3 is 15.0 Å². The number of rotatable bonds is 4. The average molecular weight is 464 g/mol. The van der Waals surface area contributed by atoms with Gasteiger partial charge in [-0.1, -0.05) is 18.2 Å². The van der Waals surface area contributed by atoms with Crippen molar-refractivity contribution >= 4 is 27.5 Å². The van der Waals surface area contributed by atoms with Crippen LogP contribution in [0.3, 0.4) is 0 Å². The summed E-state index contributed by atoms with van der Waals surface area (Å²) in [6.45, 7) is 8.31. The number of hydrogen-bond acceptors (Lipinski definition) is 5. The number of ether oxygens (including phenoxy) is 1. The second kappa shape index (κ2) is 8.71. The molecule has 1 aliphatic heterocycles. The Morgan fingerprint density at radius 3 is 2.51 bits per heavy atom. The highest BCUT2D eigenvalue weighted by Gasteiger charge is 2.19. The van der Waals surface area contributed by atoms with E-state index in [0.717, 1.165) is 70.7 Å². The molecule has 1 N–H and O–H groups in total. The van der Waals surface area contributed by atoms with Crippen molar-refractivity contribution in [3.63, 3.8) is 0 Å². The van der Waals surface area contributed by atoms with Gasteiger partial charge in [-0.05, 0) is 67.4 Å². The molecule has 0 aliphatic carbocycles. The SMILES string of the molecule is COc1ccc2ncc3c(-c4cccc(N5CCNCC5)c4)nn(-c4ccc(C)c(C)c4)c3c2c1. The highest BCUT2D eigenvalue weighted by molar-refractivity contribution is 6.09. The first-order chi connectivity index (χ1) is 17.1. The van der Waals surface area contributed by atoms with Gasteiger partial charge in [-0.3, -0.25) is 4.98 Å². The van der Waals surface area contributed by atoms with Crippen molar-refractivity contribution in [2.24, 2.45) is 0 Å². The van der Waals surface area contributed by atoms with E-state index >= 15 is 0 Å². The molecule has 0 saturated carbocycles. The summed E-state index contributed by atoms with van der Waals surface area (Å²) in [5.74, 6) is 0.807. The third-order valence-electron chi connectivity index (χ3n) is 7.05.